The second kappa shape index (κ2) is 5.40. The summed E-state index contributed by atoms with van der Waals surface area (Å²) < 4.78 is 37.1. The molecule has 1 aromatic heterocycles. The molecular formula is C10H15F3N4S. The maximum Gasteiger partial charge on any atom is 0.445 e. The van der Waals surface area contributed by atoms with Crippen molar-refractivity contribution in [2.75, 3.05) is 11.9 Å². The topological polar surface area (TPSA) is 63.8 Å². The zero-order valence-electron chi connectivity index (χ0n) is 9.70. The number of hydrogen-bond donors (Lipinski definition) is 2. The molecule has 0 radical (unpaired) electrons. The molecule has 1 unspecified atom stereocenters. The van der Waals surface area contributed by atoms with Crippen LogP contribution in [0.1, 0.15) is 30.7 Å². The summed E-state index contributed by atoms with van der Waals surface area (Å²) in [7, 11) is 0. The molecule has 1 heterocycles. The lowest BCUT2D eigenvalue weighted by Crippen LogP contribution is -2.35. The summed E-state index contributed by atoms with van der Waals surface area (Å²) in [5.74, 6) is 0.424. The van der Waals surface area contributed by atoms with Crippen LogP contribution < -0.4 is 11.1 Å². The normalized spacial score (nSPS) is 19.1. The Hall–Kier alpha value is -0.890. The number of alkyl halides is 3. The number of rotatable bonds is 4. The number of hydrogen-bond acceptors (Lipinski definition) is 5. The number of nitrogens with zero attached hydrogens (tertiary/aromatic N) is 2. The van der Waals surface area contributed by atoms with Gasteiger partial charge < -0.3 is 11.1 Å². The third kappa shape index (κ3) is 3.11. The standard InChI is InChI=1S/C10H15F3N4S/c11-10(12,13)8-16-17-9(18-8)15-7(5-14)6-3-1-2-4-6/h6-7H,1-5,14H2,(H,15,17). The Bertz CT molecular complexity index is 387. The van der Waals surface area contributed by atoms with E-state index in [-0.39, 0.29) is 11.2 Å². The molecule has 0 aliphatic heterocycles. The lowest BCUT2D eigenvalue weighted by Gasteiger charge is -2.22. The van der Waals surface area contributed by atoms with Crippen LogP contribution in [0.4, 0.5) is 18.3 Å². The fourth-order valence-electron chi connectivity index (χ4n) is 2.28. The average molecular weight is 280 g/mol. The van der Waals surface area contributed by atoms with Gasteiger partial charge in [-0.05, 0) is 18.8 Å². The van der Waals surface area contributed by atoms with E-state index in [4.69, 9.17) is 5.73 Å². The van der Waals surface area contributed by atoms with Crippen molar-refractivity contribution in [2.24, 2.45) is 11.7 Å². The van der Waals surface area contributed by atoms with Gasteiger partial charge in [0.05, 0.1) is 0 Å². The van der Waals surface area contributed by atoms with Gasteiger partial charge >= 0.3 is 6.18 Å². The Morgan fingerprint density at radius 3 is 2.50 bits per heavy atom. The Morgan fingerprint density at radius 1 is 1.33 bits per heavy atom. The molecule has 0 saturated heterocycles. The largest absolute Gasteiger partial charge is 0.445 e. The fourth-order valence-corrected chi connectivity index (χ4v) is 2.96. The summed E-state index contributed by atoms with van der Waals surface area (Å²) >= 11 is 0.528. The third-order valence-electron chi connectivity index (χ3n) is 3.20. The van der Waals surface area contributed by atoms with E-state index < -0.39 is 11.2 Å². The van der Waals surface area contributed by atoms with Gasteiger partial charge in [-0.25, -0.2) is 0 Å². The van der Waals surface area contributed by atoms with E-state index in [1.54, 1.807) is 0 Å². The third-order valence-corrected chi connectivity index (χ3v) is 4.10. The average Bonchev–Trinajstić information content (AvgIpc) is 2.95. The molecule has 1 fully saturated rings. The molecule has 1 aliphatic carbocycles. The van der Waals surface area contributed by atoms with Crippen LogP contribution in [-0.2, 0) is 6.18 Å². The Morgan fingerprint density at radius 2 is 2.00 bits per heavy atom. The summed E-state index contributed by atoms with van der Waals surface area (Å²) in [6.45, 7) is 0.394. The predicted octanol–water partition coefficient (Wildman–Crippen LogP) is 2.49. The van der Waals surface area contributed by atoms with Gasteiger partial charge in [-0.15, -0.1) is 10.2 Å². The maximum atomic E-state index is 12.4. The van der Waals surface area contributed by atoms with Gasteiger partial charge in [-0.2, -0.15) is 13.2 Å². The van der Waals surface area contributed by atoms with Crippen LogP contribution >= 0.6 is 11.3 Å². The van der Waals surface area contributed by atoms with Crippen LogP contribution in [-0.4, -0.2) is 22.8 Å². The molecule has 4 nitrogen and oxygen atoms in total. The minimum Gasteiger partial charge on any atom is -0.356 e. The quantitative estimate of drug-likeness (QED) is 0.889. The Balaban J connectivity index is 2.01. The Kier molecular flexibility index (Phi) is 4.06. The molecule has 1 aliphatic rings. The zero-order valence-corrected chi connectivity index (χ0v) is 10.5. The summed E-state index contributed by atoms with van der Waals surface area (Å²) in [5.41, 5.74) is 5.66. The summed E-state index contributed by atoms with van der Waals surface area (Å²) in [4.78, 5) is 0. The highest BCUT2D eigenvalue weighted by Crippen LogP contribution is 2.34. The number of aromatic nitrogens is 2. The molecule has 18 heavy (non-hydrogen) atoms. The molecule has 102 valence electrons. The van der Waals surface area contributed by atoms with Gasteiger partial charge in [0.25, 0.3) is 0 Å². The monoisotopic (exact) mass is 280 g/mol. The second-order valence-corrected chi connectivity index (χ2v) is 5.42. The fraction of sp³-hybridized carbons (Fsp3) is 0.800. The molecular weight excluding hydrogens is 265 g/mol. The van der Waals surface area contributed by atoms with Crippen molar-refractivity contribution < 1.29 is 13.2 Å². The summed E-state index contributed by atoms with van der Waals surface area (Å²) in [6.07, 6.45) is 0.0301. The van der Waals surface area contributed by atoms with E-state index >= 15 is 0 Å². The lowest BCUT2D eigenvalue weighted by atomic mass is 9.98. The molecule has 1 aromatic rings. The molecule has 0 amide bonds. The first-order chi connectivity index (χ1) is 8.50. The van der Waals surface area contributed by atoms with Gasteiger partial charge in [0.2, 0.25) is 10.1 Å². The smallest absolute Gasteiger partial charge is 0.356 e. The molecule has 1 atom stereocenters. The van der Waals surface area contributed by atoms with Crippen molar-refractivity contribution in [1.82, 2.24) is 10.2 Å². The first-order valence-corrected chi connectivity index (χ1v) is 6.69. The molecule has 8 heteroatoms. The van der Waals surface area contributed by atoms with Crippen molar-refractivity contribution in [3.63, 3.8) is 0 Å². The molecule has 1 saturated carbocycles. The van der Waals surface area contributed by atoms with Gasteiger partial charge in [0.15, 0.2) is 0 Å². The minimum atomic E-state index is -4.43. The van der Waals surface area contributed by atoms with Gasteiger partial charge in [0, 0.05) is 12.6 Å². The van der Waals surface area contributed by atoms with Crippen molar-refractivity contribution in [3.05, 3.63) is 5.01 Å². The van der Waals surface area contributed by atoms with Crippen LogP contribution in [0.2, 0.25) is 0 Å². The lowest BCUT2D eigenvalue weighted by molar-refractivity contribution is -0.138. The molecule has 0 aromatic carbocycles. The van der Waals surface area contributed by atoms with E-state index in [9.17, 15) is 13.2 Å². The van der Waals surface area contributed by atoms with E-state index in [0.29, 0.717) is 23.8 Å². The van der Waals surface area contributed by atoms with E-state index in [2.05, 4.69) is 15.5 Å². The van der Waals surface area contributed by atoms with Crippen LogP contribution in [0, 0.1) is 5.92 Å². The summed E-state index contributed by atoms with van der Waals surface area (Å²) in [5, 5.41) is 8.92. The highest BCUT2D eigenvalue weighted by atomic mass is 32.1. The summed E-state index contributed by atoms with van der Waals surface area (Å²) in [6, 6.07) is -0.0125. The van der Waals surface area contributed by atoms with E-state index in [0.717, 1.165) is 25.7 Å². The second-order valence-electron chi connectivity index (χ2n) is 4.44. The van der Waals surface area contributed by atoms with Crippen molar-refractivity contribution in [2.45, 2.75) is 37.9 Å². The number of anilines is 1. The molecule has 2 rings (SSSR count). The molecule has 0 bridgehead atoms. The first kappa shape index (κ1) is 13.5. The zero-order chi connectivity index (χ0) is 13.2. The highest BCUT2D eigenvalue weighted by molar-refractivity contribution is 7.15. The van der Waals surface area contributed by atoms with Crippen LogP contribution in [0.3, 0.4) is 0 Å². The van der Waals surface area contributed by atoms with Crippen LogP contribution in [0.25, 0.3) is 0 Å². The predicted molar refractivity (Wildman–Crippen MR) is 63.3 cm³/mol. The number of nitrogens with two attached hydrogens (primary N) is 1. The van der Waals surface area contributed by atoms with Crippen molar-refractivity contribution >= 4 is 16.5 Å². The van der Waals surface area contributed by atoms with E-state index in [1.807, 2.05) is 0 Å². The highest BCUT2D eigenvalue weighted by Gasteiger charge is 2.36. The Labute approximate surface area is 107 Å². The minimum absolute atomic E-state index is 0.0125. The van der Waals surface area contributed by atoms with Crippen LogP contribution in [0.5, 0.6) is 0 Å². The van der Waals surface area contributed by atoms with Gasteiger partial charge in [0.1, 0.15) is 0 Å². The first-order valence-electron chi connectivity index (χ1n) is 5.88. The van der Waals surface area contributed by atoms with Gasteiger partial charge in [-0.1, -0.05) is 24.2 Å². The van der Waals surface area contributed by atoms with Crippen molar-refractivity contribution in [1.29, 1.82) is 0 Å². The number of halogens is 3. The number of nitrogens with one attached hydrogen (secondary N) is 1. The molecule has 3 N–H and O–H groups in total. The van der Waals surface area contributed by atoms with Gasteiger partial charge in [-0.3, -0.25) is 0 Å². The van der Waals surface area contributed by atoms with Crippen molar-refractivity contribution in [3.8, 4) is 0 Å². The SMILES string of the molecule is NCC(Nc1nnc(C(F)(F)F)s1)C1CCCC1. The van der Waals surface area contributed by atoms with E-state index in [1.165, 1.54) is 0 Å². The maximum absolute atomic E-state index is 12.4. The van der Waals surface area contributed by atoms with Crippen LogP contribution in [0.15, 0.2) is 0 Å². The molecule has 0 spiro atoms.